The lowest BCUT2D eigenvalue weighted by Crippen LogP contribution is -2.45. The molecular weight excluding hydrogens is 320 g/mol. The minimum atomic E-state index is -1.18. The number of nitrogens with zero attached hydrogens (tertiary/aromatic N) is 3. The normalized spacial score (nSPS) is 21.4. The molecule has 0 bridgehead atoms. The number of piperidine rings is 1. The van der Waals surface area contributed by atoms with E-state index in [-0.39, 0.29) is 23.8 Å². The van der Waals surface area contributed by atoms with E-state index in [1.807, 2.05) is 24.0 Å². The molecule has 0 saturated carbocycles. The minimum absolute atomic E-state index is 0.0232. The zero-order chi connectivity index (χ0) is 18.2. The molecular formula is C18H24N4O3. The second kappa shape index (κ2) is 6.48. The standard InChI is InChI=1S/C18H24N4O3/c1-11-8-9-12(15-20-17(25-21-15)18(2,3)24)10-22(11)16(23)13-6-4-5-7-14(13)19/h4-7,11-12,24H,8-10,19H2,1-3H3/t11-,12-/m1/s1. The number of benzene rings is 1. The molecule has 2 heterocycles. The van der Waals surface area contributed by atoms with Gasteiger partial charge in [0.05, 0.1) is 5.56 Å². The summed E-state index contributed by atoms with van der Waals surface area (Å²) in [5, 5.41) is 14.0. The summed E-state index contributed by atoms with van der Waals surface area (Å²) < 4.78 is 5.17. The predicted octanol–water partition coefficient (Wildman–Crippen LogP) is 2.29. The molecule has 1 fully saturated rings. The molecule has 1 aliphatic heterocycles. The van der Waals surface area contributed by atoms with Crippen LogP contribution < -0.4 is 5.73 Å². The summed E-state index contributed by atoms with van der Waals surface area (Å²) in [5.74, 6) is 0.612. The highest BCUT2D eigenvalue weighted by Gasteiger charge is 2.34. The first kappa shape index (κ1) is 17.4. The molecule has 1 aromatic heterocycles. The lowest BCUT2D eigenvalue weighted by atomic mass is 9.92. The van der Waals surface area contributed by atoms with Crippen molar-refractivity contribution in [2.75, 3.05) is 12.3 Å². The van der Waals surface area contributed by atoms with Gasteiger partial charge < -0.3 is 20.3 Å². The van der Waals surface area contributed by atoms with E-state index in [1.54, 1.807) is 26.0 Å². The van der Waals surface area contributed by atoms with Crippen LogP contribution in [0, 0.1) is 0 Å². The first-order valence-corrected chi connectivity index (χ1v) is 8.49. The molecule has 1 saturated heterocycles. The number of aliphatic hydroxyl groups is 1. The highest BCUT2D eigenvalue weighted by atomic mass is 16.5. The van der Waals surface area contributed by atoms with Crippen LogP contribution in [0.3, 0.4) is 0 Å². The quantitative estimate of drug-likeness (QED) is 0.828. The van der Waals surface area contributed by atoms with E-state index in [2.05, 4.69) is 10.1 Å². The van der Waals surface area contributed by atoms with Crippen LogP contribution in [0.15, 0.2) is 28.8 Å². The van der Waals surface area contributed by atoms with E-state index in [9.17, 15) is 9.90 Å². The Balaban J connectivity index is 1.81. The molecule has 1 aromatic carbocycles. The minimum Gasteiger partial charge on any atom is -0.398 e. The van der Waals surface area contributed by atoms with Gasteiger partial charge in [0.2, 0.25) is 0 Å². The maximum absolute atomic E-state index is 12.9. The van der Waals surface area contributed by atoms with E-state index < -0.39 is 5.60 Å². The first-order valence-electron chi connectivity index (χ1n) is 8.49. The van der Waals surface area contributed by atoms with Gasteiger partial charge in [-0.3, -0.25) is 4.79 Å². The molecule has 7 nitrogen and oxygen atoms in total. The zero-order valence-corrected chi connectivity index (χ0v) is 14.8. The Hall–Kier alpha value is -2.41. The fraction of sp³-hybridized carbons (Fsp3) is 0.500. The van der Waals surface area contributed by atoms with Crippen molar-refractivity contribution >= 4 is 11.6 Å². The van der Waals surface area contributed by atoms with Crippen LogP contribution in [0.1, 0.15) is 61.6 Å². The van der Waals surface area contributed by atoms with Crippen molar-refractivity contribution in [2.45, 2.75) is 51.2 Å². The van der Waals surface area contributed by atoms with Crippen molar-refractivity contribution in [1.29, 1.82) is 0 Å². The van der Waals surface area contributed by atoms with Gasteiger partial charge >= 0.3 is 0 Å². The number of hydrogen-bond acceptors (Lipinski definition) is 6. The topological polar surface area (TPSA) is 105 Å². The zero-order valence-electron chi connectivity index (χ0n) is 14.8. The molecule has 2 atom stereocenters. The third-order valence-corrected chi connectivity index (χ3v) is 4.66. The van der Waals surface area contributed by atoms with E-state index >= 15 is 0 Å². The molecule has 0 radical (unpaired) electrons. The summed E-state index contributed by atoms with van der Waals surface area (Å²) in [6.07, 6.45) is 1.70. The van der Waals surface area contributed by atoms with Gasteiger partial charge in [-0.25, -0.2) is 0 Å². The number of carbonyl (C=O) groups is 1. The summed E-state index contributed by atoms with van der Waals surface area (Å²) in [7, 11) is 0. The van der Waals surface area contributed by atoms with Gasteiger partial charge in [0.1, 0.15) is 5.60 Å². The van der Waals surface area contributed by atoms with Crippen LogP contribution in [-0.4, -0.2) is 38.6 Å². The Morgan fingerprint density at radius 2 is 2.08 bits per heavy atom. The van der Waals surface area contributed by atoms with Crippen molar-refractivity contribution in [2.24, 2.45) is 0 Å². The molecule has 1 amide bonds. The summed E-state index contributed by atoms with van der Waals surface area (Å²) >= 11 is 0. The predicted molar refractivity (Wildman–Crippen MR) is 92.9 cm³/mol. The monoisotopic (exact) mass is 344 g/mol. The number of amides is 1. The Labute approximate surface area is 146 Å². The van der Waals surface area contributed by atoms with Crippen LogP contribution in [0.2, 0.25) is 0 Å². The fourth-order valence-electron chi connectivity index (χ4n) is 3.10. The molecule has 134 valence electrons. The summed E-state index contributed by atoms with van der Waals surface area (Å²) in [6, 6.07) is 7.21. The SMILES string of the molecule is C[C@@H]1CC[C@@H](c2noc(C(C)(C)O)n2)CN1C(=O)c1ccccc1N. The van der Waals surface area contributed by atoms with Crippen molar-refractivity contribution in [1.82, 2.24) is 15.0 Å². The van der Waals surface area contributed by atoms with Gasteiger partial charge in [-0.05, 0) is 45.7 Å². The average Bonchev–Trinajstić information content (AvgIpc) is 3.05. The number of nitrogens with two attached hydrogens (primary N) is 1. The van der Waals surface area contributed by atoms with E-state index in [4.69, 9.17) is 10.3 Å². The molecule has 0 aliphatic carbocycles. The number of aromatic nitrogens is 2. The number of rotatable bonds is 3. The lowest BCUT2D eigenvalue weighted by molar-refractivity contribution is 0.0420. The van der Waals surface area contributed by atoms with Gasteiger partial charge in [-0.2, -0.15) is 4.98 Å². The van der Waals surface area contributed by atoms with Crippen LogP contribution in [0.4, 0.5) is 5.69 Å². The van der Waals surface area contributed by atoms with Crippen LogP contribution in [-0.2, 0) is 5.60 Å². The van der Waals surface area contributed by atoms with Crippen molar-refractivity contribution in [3.63, 3.8) is 0 Å². The summed E-state index contributed by atoms with van der Waals surface area (Å²) in [6.45, 7) is 5.73. The van der Waals surface area contributed by atoms with Crippen molar-refractivity contribution < 1.29 is 14.4 Å². The number of anilines is 1. The lowest BCUT2D eigenvalue weighted by Gasteiger charge is -2.37. The number of carbonyl (C=O) groups excluding carboxylic acids is 1. The van der Waals surface area contributed by atoms with Crippen LogP contribution in [0.5, 0.6) is 0 Å². The smallest absolute Gasteiger partial charge is 0.258 e. The van der Waals surface area contributed by atoms with E-state index in [1.165, 1.54) is 0 Å². The van der Waals surface area contributed by atoms with Crippen LogP contribution >= 0.6 is 0 Å². The second-order valence-electron chi connectivity index (χ2n) is 7.18. The summed E-state index contributed by atoms with van der Waals surface area (Å²) in [5.41, 5.74) is 5.77. The van der Waals surface area contributed by atoms with E-state index in [0.29, 0.717) is 23.6 Å². The fourth-order valence-corrected chi connectivity index (χ4v) is 3.10. The first-order chi connectivity index (χ1) is 11.8. The molecule has 2 aromatic rings. The van der Waals surface area contributed by atoms with Gasteiger partial charge in [0.25, 0.3) is 11.8 Å². The maximum Gasteiger partial charge on any atom is 0.258 e. The van der Waals surface area contributed by atoms with Gasteiger partial charge in [-0.1, -0.05) is 17.3 Å². The molecule has 3 rings (SSSR count). The van der Waals surface area contributed by atoms with Gasteiger partial charge in [0.15, 0.2) is 5.82 Å². The highest BCUT2D eigenvalue weighted by molar-refractivity contribution is 5.99. The number of likely N-dealkylation sites (tertiary alicyclic amines) is 1. The molecule has 0 unspecified atom stereocenters. The maximum atomic E-state index is 12.9. The van der Waals surface area contributed by atoms with Crippen LogP contribution in [0.25, 0.3) is 0 Å². The molecule has 1 aliphatic rings. The Morgan fingerprint density at radius 3 is 2.72 bits per heavy atom. The Kier molecular flexibility index (Phi) is 4.51. The second-order valence-corrected chi connectivity index (χ2v) is 7.18. The third-order valence-electron chi connectivity index (χ3n) is 4.66. The average molecular weight is 344 g/mol. The highest BCUT2D eigenvalue weighted by Crippen LogP contribution is 2.31. The third kappa shape index (κ3) is 3.51. The largest absolute Gasteiger partial charge is 0.398 e. The van der Waals surface area contributed by atoms with E-state index in [0.717, 1.165) is 12.8 Å². The number of hydrogen-bond donors (Lipinski definition) is 2. The molecule has 7 heteroatoms. The molecule has 3 N–H and O–H groups in total. The Bertz CT molecular complexity index is 766. The van der Waals surface area contributed by atoms with Gasteiger partial charge in [0, 0.05) is 24.2 Å². The summed E-state index contributed by atoms with van der Waals surface area (Å²) in [4.78, 5) is 19.1. The molecule has 0 spiro atoms. The van der Waals surface area contributed by atoms with Gasteiger partial charge in [-0.15, -0.1) is 0 Å². The van der Waals surface area contributed by atoms with Crippen molar-refractivity contribution in [3.8, 4) is 0 Å². The van der Waals surface area contributed by atoms with Crippen molar-refractivity contribution in [3.05, 3.63) is 41.5 Å². The molecule has 25 heavy (non-hydrogen) atoms. The number of para-hydroxylation sites is 1. The Morgan fingerprint density at radius 1 is 1.36 bits per heavy atom. The number of nitrogen functional groups attached to an aromatic ring is 1.